The van der Waals surface area contributed by atoms with Gasteiger partial charge in [-0.25, -0.2) is 28.8 Å². The Kier molecular flexibility index (Phi) is 5.29. The van der Waals surface area contributed by atoms with Crippen molar-refractivity contribution in [3.63, 3.8) is 0 Å². The standard InChI is InChI=1S/C24H12O12/c25-19(26)10-6-5-9-7-3-1-2-4-8(7)12-14(11(9)13(10)20(27)28)16(22(31)32)18(24(35)36)17(23(33)34)15(12)21(29)30/h1-6H,(H,25,26)(H,27,28)(H,29,30)(H,31,32)(H,33,34)(H,35,36). The van der Waals surface area contributed by atoms with E-state index in [4.69, 9.17) is 0 Å². The first kappa shape index (κ1) is 23.6. The summed E-state index contributed by atoms with van der Waals surface area (Å²) in [5.74, 6) is -11.6. The van der Waals surface area contributed by atoms with Crippen molar-refractivity contribution in [2.24, 2.45) is 0 Å². The number of fused-ring (bicyclic) bond motifs is 6. The van der Waals surface area contributed by atoms with Crippen LogP contribution in [0, 0.1) is 0 Å². The topological polar surface area (TPSA) is 224 Å². The van der Waals surface area contributed by atoms with Crippen LogP contribution in [0.5, 0.6) is 0 Å². The first-order valence-electron chi connectivity index (χ1n) is 9.80. The third-order valence-corrected chi connectivity index (χ3v) is 5.74. The first-order valence-corrected chi connectivity index (χ1v) is 9.80. The Balaban J connectivity index is 2.67. The van der Waals surface area contributed by atoms with Gasteiger partial charge in [0.2, 0.25) is 0 Å². The third kappa shape index (κ3) is 3.16. The molecule has 0 radical (unpaired) electrons. The highest BCUT2D eigenvalue weighted by molar-refractivity contribution is 6.38. The number of aromatic carboxylic acids is 6. The van der Waals surface area contributed by atoms with Gasteiger partial charge in [-0.1, -0.05) is 30.3 Å². The van der Waals surface area contributed by atoms with Crippen LogP contribution < -0.4 is 0 Å². The Hall–Kier alpha value is -5.52. The number of benzene rings is 4. The van der Waals surface area contributed by atoms with Crippen molar-refractivity contribution in [3.05, 3.63) is 69.8 Å². The van der Waals surface area contributed by atoms with E-state index >= 15 is 0 Å². The molecular weight excluding hydrogens is 480 g/mol. The molecule has 0 bridgehead atoms. The van der Waals surface area contributed by atoms with E-state index in [1.54, 1.807) is 0 Å². The number of carbonyl (C=O) groups is 6. The minimum absolute atomic E-state index is 0.0150. The molecule has 0 aromatic heterocycles. The highest BCUT2D eigenvalue weighted by Crippen LogP contribution is 2.43. The monoisotopic (exact) mass is 492 g/mol. The van der Waals surface area contributed by atoms with Crippen molar-refractivity contribution in [1.82, 2.24) is 0 Å². The molecule has 4 rings (SSSR count). The van der Waals surface area contributed by atoms with Gasteiger partial charge in [-0.05, 0) is 22.2 Å². The molecule has 0 fully saturated rings. The molecule has 0 spiro atoms. The van der Waals surface area contributed by atoms with Crippen LogP contribution in [-0.4, -0.2) is 66.5 Å². The summed E-state index contributed by atoms with van der Waals surface area (Å²) in [5.41, 5.74) is -6.70. The van der Waals surface area contributed by atoms with Gasteiger partial charge in [0.1, 0.15) is 0 Å². The number of hydrogen-bond acceptors (Lipinski definition) is 6. The average Bonchev–Trinajstić information content (AvgIpc) is 2.80. The van der Waals surface area contributed by atoms with E-state index < -0.39 is 85.4 Å². The molecule has 12 heteroatoms. The second-order valence-electron chi connectivity index (χ2n) is 7.54. The predicted octanol–water partition coefficient (Wildman–Crippen LogP) is 3.34. The molecule has 4 aromatic rings. The highest BCUT2D eigenvalue weighted by Gasteiger charge is 2.36. The van der Waals surface area contributed by atoms with E-state index in [0.29, 0.717) is 0 Å². The molecule has 6 N–H and O–H groups in total. The predicted molar refractivity (Wildman–Crippen MR) is 121 cm³/mol. The molecule has 12 nitrogen and oxygen atoms in total. The summed E-state index contributed by atoms with van der Waals surface area (Å²) >= 11 is 0. The highest BCUT2D eigenvalue weighted by atomic mass is 16.4. The van der Waals surface area contributed by atoms with E-state index in [9.17, 15) is 59.4 Å². The second-order valence-corrected chi connectivity index (χ2v) is 7.54. The molecule has 0 saturated carbocycles. The second kappa shape index (κ2) is 8.06. The molecule has 0 saturated heterocycles. The van der Waals surface area contributed by atoms with Gasteiger partial charge in [0.15, 0.2) is 0 Å². The Bertz CT molecular complexity index is 1730. The number of hydrogen-bond donors (Lipinski definition) is 6. The molecule has 0 unspecified atom stereocenters. The lowest BCUT2D eigenvalue weighted by Crippen LogP contribution is -2.21. The maximum absolute atomic E-state index is 12.4. The molecule has 0 atom stereocenters. The molecule has 36 heavy (non-hydrogen) atoms. The lowest BCUT2D eigenvalue weighted by molar-refractivity contribution is 0.0622. The average molecular weight is 492 g/mol. The Morgan fingerprint density at radius 1 is 0.389 bits per heavy atom. The molecule has 0 aliphatic rings. The summed E-state index contributed by atoms with van der Waals surface area (Å²) in [5, 5.41) is 57.4. The van der Waals surface area contributed by atoms with Crippen molar-refractivity contribution in [2.45, 2.75) is 0 Å². The third-order valence-electron chi connectivity index (χ3n) is 5.74. The van der Waals surface area contributed by atoms with Crippen LogP contribution >= 0.6 is 0 Å². The van der Waals surface area contributed by atoms with Gasteiger partial charge in [-0.15, -0.1) is 0 Å². The van der Waals surface area contributed by atoms with Crippen LogP contribution in [0.2, 0.25) is 0 Å². The number of carboxylic acids is 6. The fraction of sp³-hybridized carbons (Fsp3) is 0. The molecule has 0 aliphatic carbocycles. The summed E-state index contributed by atoms with van der Waals surface area (Å²) in [7, 11) is 0. The number of rotatable bonds is 6. The van der Waals surface area contributed by atoms with E-state index in [2.05, 4.69) is 0 Å². The summed E-state index contributed by atoms with van der Waals surface area (Å²) in [6.07, 6.45) is 0. The van der Waals surface area contributed by atoms with Gasteiger partial charge in [-0.2, -0.15) is 0 Å². The zero-order valence-electron chi connectivity index (χ0n) is 17.6. The van der Waals surface area contributed by atoms with Crippen LogP contribution in [0.25, 0.3) is 32.3 Å². The molecule has 0 aliphatic heterocycles. The van der Waals surface area contributed by atoms with Crippen molar-refractivity contribution >= 4 is 68.1 Å². The summed E-state index contributed by atoms with van der Waals surface area (Å²) in [6, 6.07) is 7.81. The van der Waals surface area contributed by atoms with Crippen LogP contribution in [0.15, 0.2) is 36.4 Å². The van der Waals surface area contributed by atoms with Gasteiger partial charge < -0.3 is 30.6 Å². The van der Waals surface area contributed by atoms with Gasteiger partial charge in [0, 0.05) is 16.2 Å². The summed E-state index contributed by atoms with van der Waals surface area (Å²) in [6.45, 7) is 0. The van der Waals surface area contributed by atoms with Crippen LogP contribution in [-0.2, 0) is 0 Å². The lowest BCUT2D eigenvalue weighted by atomic mass is 9.81. The molecule has 4 aromatic carbocycles. The van der Waals surface area contributed by atoms with E-state index in [0.717, 1.165) is 6.07 Å². The van der Waals surface area contributed by atoms with Crippen molar-refractivity contribution in [2.75, 3.05) is 0 Å². The largest absolute Gasteiger partial charge is 0.478 e. The fourth-order valence-electron chi connectivity index (χ4n) is 4.55. The zero-order valence-corrected chi connectivity index (χ0v) is 17.6. The minimum Gasteiger partial charge on any atom is -0.478 e. The lowest BCUT2D eigenvalue weighted by Gasteiger charge is -2.20. The number of carboxylic acid groups (broad SMARTS) is 6. The van der Waals surface area contributed by atoms with E-state index in [1.807, 2.05) is 0 Å². The Morgan fingerprint density at radius 3 is 1.22 bits per heavy atom. The quantitative estimate of drug-likeness (QED) is 0.213. The van der Waals surface area contributed by atoms with Crippen LogP contribution in [0.4, 0.5) is 0 Å². The first-order chi connectivity index (χ1) is 16.9. The van der Waals surface area contributed by atoms with Gasteiger partial charge in [0.25, 0.3) is 0 Å². The molecule has 180 valence electrons. The van der Waals surface area contributed by atoms with Gasteiger partial charge >= 0.3 is 35.8 Å². The maximum atomic E-state index is 12.4. The smallest absolute Gasteiger partial charge is 0.337 e. The SMILES string of the molecule is O=C(O)c1ccc2c3ccccc3c3c(C(=O)O)c(C(=O)O)c(C(=O)O)c(C(=O)O)c3c2c1C(=O)O. The Labute approximate surface area is 197 Å². The maximum Gasteiger partial charge on any atom is 0.337 e. The summed E-state index contributed by atoms with van der Waals surface area (Å²) in [4.78, 5) is 73.1. The molecular formula is C24H12O12. The van der Waals surface area contributed by atoms with Gasteiger partial charge in [0.05, 0.1) is 33.4 Å². The van der Waals surface area contributed by atoms with E-state index in [-0.39, 0.29) is 16.2 Å². The summed E-state index contributed by atoms with van der Waals surface area (Å²) < 4.78 is 0. The van der Waals surface area contributed by atoms with Crippen LogP contribution in [0.1, 0.15) is 62.1 Å². The van der Waals surface area contributed by atoms with Crippen molar-refractivity contribution in [3.8, 4) is 0 Å². The van der Waals surface area contributed by atoms with Crippen LogP contribution in [0.3, 0.4) is 0 Å². The zero-order chi connectivity index (χ0) is 26.6. The fourth-order valence-corrected chi connectivity index (χ4v) is 4.55. The van der Waals surface area contributed by atoms with E-state index in [1.165, 1.54) is 30.3 Å². The van der Waals surface area contributed by atoms with Crippen molar-refractivity contribution < 1.29 is 59.4 Å². The normalized spacial score (nSPS) is 11.0. The van der Waals surface area contributed by atoms with Gasteiger partial charge in [-0.3, -0.25) is 0 Å². The van der Waals surface area contributed by atoms with Crippen molar-refractivity contribution in [1.29, 1.82) is 0 Å². The molecule has 0 amide bonds. The Morgan fingerprint density at radius 2 is 0.778 bits per heavy atom. The molecule has 0 heterocycles. The minimum atomic E-state index is -2.10.